The monoisotopic (exact) mass is 341 g/mol. The molecule has 0 saturated carbocycles. The summed E-state index contributed by atoms with van der Waals surface area (Å²) in [7, 11) is 0. The van der Waals surface area contributed by atoms with Crippen molar-refractivity contribution < 1.29 is 33.4 Å². The average molecular weight is 341 g/mol. The van der Waals surface area contributed by atoms with Crippen LogP contribution in [0.25, 0.3) is 0 Å². The van der Waals surface area contributed by atoms with Crippen LogP contribution in [0.3, 0.4) is 0 Å². The Morgan fingerprint density at radius 2 is 1.58 bits per heavy atom. The summed E-state index contributed by atoms with van der Waals surface area (Å²) in [4.78, 5) is 31.0. The van der Waals surface area contributed by atoms with Crippen LogP contribution < -0.4 is 5.32 Å². The van der Waals surface area contributed by atoms with Gasteiger partial charge in [0, 0.05) is 24.1 Å². The van der Waals surface area contributed by atoms with Gasteiger partial charge in [0.05, 0.1) is 5.56 Å². The summed E-state index contributed by atoms with van der Waals surface area (Å²) >= 11 is 0. The molecule has 1 aromatic rings. The van der Waals surface area contributed by atoms with Crippen LogP contribution in [0, 0.1) is 17.6 Å². The molecule has 0 radical (unpaired) electrons. The molecule has 0 amide bonds. The number of hydrogen-bond acceptors (Lipinski definition) is 4. The third kappa shape index (κ3) is 6.66. The number of aliphatic carboxylic acids is 2. The minimum atomic E-state index is -1.26. The lowest BCUT2D eigenvalue weighted by Crippen LogP contribution is -2.32. The Balaban J connectivity index is 0.000000307. The number of carbonyl (C=O) groups is 3. The number of ketones is 1. The lowest BCUT2D eigenvalue weighted by Gasteiger charge is -2.21. The van der Waals surface area contributed by atoms with Gasteiger partial charge in [0.1, 0.15) is 11.6 Å². The maximum Gasteiger partial charge on any atom is 0.328 e. The van der Waals surface area contributed by atoms with Gasteiger partial charge in [-0.05, 0) is 38.1 Å². The molecule has 0 unspecified atom stereocenters. The second-order valence-corrected chi connectivity index (χ2v) is 5.02. The van der Waals surface area contributed by atoms with Gasteiger partial charge >= 0.3 is 11.9 Å². The summed E-state index contributed by atoms with van der Waals surface area (Å²) < 4.78 is 26.1. The van der Waals surface area contributed by atoms with E-state index in [1.165, 1.54) is 6.07 Å². The molecular formula is C16H17F2NO5. The largest absolute Gasteiger partial charge is 0.478 e. The van der Waals surface area contributed by atoms with E-state index in [1.807, 2.05) is 0 Å². The molecule has 8 heteroatoms. The molecule has 1 saturated heterocycles. The van der Waals surface area contributed by atoms with E-state index in [0.717, 1.165) is 38.1 Å². The molecular weight excluding hydrogens is 324 g/mol. The maximum atomic E-state index is 13.4. The van der Waals surface area contributed by atoms with E-state index in [4.69, 9.17) is 10.2 Å². The van der Waals surface area contributed by atoms with Crippen LogP contribution in [0.4, 0.5) is 8.78 Å². The van der Waals surface area contributed by atoms with Gasteiger partial charge in [-0.1, -0.05) is 0 Å². The molecule has 130 valence electrons. The zero-order chi connectivity index (χ0) is 18.1. The molecule has 6 nitrogen and oxygen atoms in total. The first-order valence-electron chi connectivity index (χ1n) is 7.15. The van der Waals surface area contributed by atoms with Crippen molar-refractivity contribution in [3.05, 3.63) is 47.5 Å². The van der Waals surface area contributed by atoms with Gasteiger partial charge in [-0.2, -0.15) is 0 Å². The Hall–Kier alpha value is -2.61. The van der Waals surface area contributed by atoms with Gasteiger partial charge in [0.15, 0.2) is 5.78 Å². The molecule has 24 heavy (non-hydrogen) atoms. The molecule has 0 aliphatic carbocycles. The number of piperidine rings is 1. The topological polar surface area (TPSA) is 104 Å². The average Bonchev–Trinajstić information content (AvgIpc) is 2.54. The van der Waals surface area contributed by atoms with Crippen molar-refractivity contribution in [2.75, 3.05) is 13.1 Å². The fourth-order valence-electron chi connectivity index (χ4n) is 2.14. The standard InChI is InChI=1S/C12H13F2NO.C4H4O4/c13-9-1-2-10(11(14)7-9)12(16)8-3-5-15-6-4-8;5-3(6)1-2-4(7)8/h1-2,7-8,15H,3-6H2;1-2H,(H,5,6)(H,7,8). The van der Waals surface area contributed by atoms with E-state index in [0.29, 0.717) is 12.2 Å². The van der Waals surface area contributed by atoms with Crippen molar-refractivity contribution in [1.29, 1.82) is 0 Å². The molecule has 0 spiro atoms. The predicted molar refractivity (Wildman–Crippen MR) is 80.7 cm³/mol. The summed E-state index contributed by atoms with van der Waals surface area (Å²) in [5.74, 6) is -4.28. The lowest BCUT2D eigenvalue weighted by atomic mass is 9.89. The number of carboxylic acids is 2. The number of carbonyl (C=O) groups excluding carboxylic acids is 1. The first-order valence-corrected chi connectivity index (χ1v) is 7.15. The van der Waals surface area contributed by atoms with Gasteiger partial charge in [0.25, 0.3) is 0 Å². The van der Waals surface area contributed by atoms with Gasteiger partial charge in [-0.15, -0.1) is 0 Å². The normalized spacial score (nSPS) is 14.8. The summed E-state index contributed by atoms with van der Waals surface area (Å²) in [6, 6.07) is 3.11. The van der Waals surface area contributed by atoms with E-state index in [1.54, 1.807) is 0 Å². The van der Waals surface area contributed by atoms with E-state index in [9.17, 15) is 23.2 Å². The molecule has 2 rings (SSSR count). The molecule has 1 fully saturated rings. The lowest BCUT2D eigenvalue weighted by molar-refractivity contribution is -0.134. The highest BCUT2D eigenvalue weighted by atomic mass is 19.1. The number of benzene rings is 1. The zero-order valence-corrected chi connectivity index (χ0v) is 12.7. The number of rotatable bonds is 4. The number of nitrogens with one attached hydrogen (secondary N) is 1. The van der Waals surface area contributed by atoms with E-state index in [2.05, 4.69) is 5.32 Å². The van der Waals surface area contributed by atoms with Crippen LogP contribution in [0.1, 0.15) is 23.2 Å². The van der Waals surface area contributed by atoms with Crippen LogP contribution in [0.5, 0.6) is 0 Å². The predicted octanol–water partition coefficient (Wildman–Crippen LogP) is 1.86. The van der Waals surface area contributed by atoms with Crippen molar-refractivity contribution in [2.45, 2.75) is 12.8 Å². The van der Waals surface area contributed by atoms with Crippen LogP contribution in [0.15, 0.2) is 30.4 Å². The first kappa shape index (κ1) is 19.4. The van der Waals surface area contributed by atoms with Gasteiger partial charge in [-0.25, -0.2) is 18.4 Å². The highest BCUT2D eigenvalue weighted by molar-refractivity contribution is 5.98. The van der Waals surface area contributed by atoms with Crippen molar-refractivity contribution in [3.63, 3.8) is 0 Å². The summed E-state index contributed by atoms with van der Waals surface area (Å²) in [6.45, 7) is 1.55. The Morgan fingerprint density at radius 3 is 2.04 bits per heavy atom. The third-order valence-electron chi connectivity index (χ3n) is 3.28. The van der Waals surface area contributed by atoms with Crippen LogP contribution in [0.2, 0.25) is 0 Å². The van der Waals surface area contributed by atoms with Gasteiger partial charge in [0.2, 0.25) is 0 Å². The minimum Gasteiger partial charge on any atom is -0.478 e. The van der Waals surface area contributed by atoms with E-state index < -0.39 is 23.6 Å². The number of halogens is 2. The number of carboxylic acid groups (broad SMARTS) is 2. The molecule has 0 atom stereocenters. The van der Waals surface area contributed by atoms with Gasteiger partial charge in [-0.3, -0.25) is 4.79 Å². The highest BCUT2D eigenvalue weighted by Crippen LogP contribution is 2.20. The van der Waals surface area contributed by atoms with Crippen molar-refractivity contribution >= 4 is 17.7 Å². The van der Waals surface area contributed by atoms with Crippen molar-refractivity contribution in [2.24, 2.45) is 5.92 Å². The second kappa shape index (κ2) is 9.51. The Bertz CT molecular complexity index is 623. The Morgan fingerprint density at radius 1 is 1.04 bits per heavy atom. The zero-order valence-electron chi connectivity index (χ0n) is 12.7. The fraction of sp³-hybridized carbons (Fsp3) is 0.312. The molecule has 1 aromatic carbocycles. The molecule has 3 N–H and O–H groups in total. The second-order valence-electron chi connectivity index (χ2n) is 5.02. The maximum absolute atomic E-state index is 13.4. The SMILES string of the molecule is O=C(O)C=CC(=O)O.O=C(c1ccc(F)cc1F)C1CCNCC1. The number of Topliss-reactive ketones (excluding diaryl/α,β-unsaturated/α-hetero) is 1. The minimum absolute atomic E-state index is 0.00769. The third-order valence-corrected chi connectivity index (χ3v) is 3.28. The van der Waals surface area contributed by atoms with Crippen LogP contribution in [-0.2, 0) is 9.59 Å². The summed E-state index contributed by atoms with van der Waals surface area (Å²) in [5.41, 5.74) is 0.00769. The van der Waals surface area contributed by atoms with Crippen molar-refractivity contribution in [1.82, 2.24) is 5.32 Å². The molecule has 0 aromatic heterocycles. The summed E-state index contributed by atoms with van der Waals surface area (Å²) in [5, 5.41) is 18.8. The molecule has 1 heterocycles. The summed E-state index contributed by atoms with van der Waals surface area (Å²) in [6.07, 6.45) is 2.55. The van der Waals surface area contributed by atoms with Crippen molar-refractivity contribution in [3.8, 4) is 0 Å². The fourth-order valence-corrected chi connectivity index (χ4v) is 2.14. The Labute approximate surface area is 136 Å². The van der Waals surface area contributed by atoms with Crippen LogP contribution >= 0.6 is 0 Å². The van der Waals surface area contributed by atoms with E-state index in [-0.39, 0.29) is 17.3 Å². The Kier molecular flexibility index (Phi) is 7.70. The molecule has 1 aliphatic rings. The molecule has 0 bridgehead atoms. The number of hydrogen-bond donors (Lipinski definition) is 3. The quantitative estimate of drug-likeness (QED) is 0.570. The smallest absolute Gasteiger partial charge is 0.328 e. The van der Waals surface area contributed by atoms with Gasteiger partial charge < -0.3 is 15.5 Å². The first-order chi connectivity index (χ1) is 11.3. The molecule has 1 aliphatic heterocycles. The van der Waals surface area contributed by atoms with E-state index >= 15 is 0 Å². The van der Waals surface area contributed by atoms with Crippen LogP contribution in [-0.4, -0.2) is 41.0 Å². The highest BCUT2D eigenvalue weighted by Gasteiger charge is 2.24.